The first kappa shape index (κ1) is 13.8. The van der Waals surface area contributed by atoms with Gasteiger partial charge in [0.25, 0.3) is 10.0 Å². The summed E-state index contributed by atoms with van der Waals surface area (Å²) in [6, 6.07) is 6.68. The van der Waals surface area contributed by atoms with Gasteiger partial charge in [-0.15, -0.1) is 0 Å². The maximum absolute atomic E-state index is 12.1. The van der Waals surface area contributed by atoms with Gasteiger partial charge in [-0.05, 0) is 30.3 Å². The van der Waals surface area contributed by atoms with E-state index in [0.717, 1.165) is 6.20 Å². The molecular weight excluding hydrogens is 282 g/mol. The minimum Gasteiger partial charge on any atom is -0.478 e. The second kappa shape index (κ2) is 5.17. The van der Waals surface area contributed by atoms with Crippen LogP contribution in [0.2, 0.25) is 0 Å². The van der Waals surface area contributed by atoms with E-state index in [1.165, 1.54) is 36.5 Å². The Bertz CT molecular complexity index is 745. The number of carboxylic acids is 1. The molecule has 0 bridgehead atoms. The highest BCUT2D eigenvalue weighted by Gasteiger charge is 2.18. The van der Waals surface area contributed by atoms with Crippen molar-refractivity contribution in [3.8, 4) is 0 Å². The van der Waals surface area contributed by atoms with Crippen molar-refractivity contribution in [3.05, 3.63) is 48.3 Å². The number of hydrogen-bond acceptors (Lipinski definition) is 5. The van der Waals surface area contributed by atoms with Crippen LogP contribution >= 0.6 is 0 Å². The number of carbonyl (C=O) groups is 1. The summed E-state index contributed by atoms with van der Waals surface area (Å²) >= 11 is 0. The van der Waals surface area contributed by atoms with Crippen LogP contribution in [0.5, 0.6) is 0 Å². The van der Waals surface area contributed by atoms with Gasteiger partial charge in [-0.2, -0.15) is 0 Å². The molecule has 1 aromatic carbocycles. The molecule has 8 heteroatoms. The third kappa shape index (κ3) is 2.86. The minimum atomic E-state index is -3.92. The Hall–Kier alpha value is -2.61. The number of carboxylic acid groups (broad SMARTS) is 1. The van der Waals surface area contributed by atoms with Crippen LogP contribution in [0.3, 0.4) is 0 Å². The fourth-order valence-electron chi connectivity index (χ4n) is 1.54. The van der Waals surface area contributed by atoms with Crippen molar-refractivity contribution in [2.75, 3.05) is 10.5 Å². The monoisotopic (exact) mass is 293 g/mol. The van der Waals surface area contributed by atoms with E-state index in [4.69, 9.17) is 10.8 Å². The third-order valence-corrected chi connectivity index (χ3v) is 3.81. The van der Waals surface area contributed by atoms with E-state index >= 15 is 0 Å². The maximum Gasteiger partial charge on any atom is 0.337 e. The molecule has 1 aromatic heterocycles. The molecule has 0 saturated heterocycles. The number of sulfonamides is 1. The molecule has 0 aliphatic heterocycles. The zero-order valence-electron chi connectivity index (χ0n) is 10.1. The van der Waals surface area contributed by atoms with Gasteiger partial charge in [-0.1, -0.05) is 0 Å². The normalized spacial score (nSPS) is 11.0. The average Bonchev–Trinajstić information content (AvgIpc) is 2.39. The summed E-state index contributed by atoms with van der Waals surface area (Å²) < 4.78 is 26.4. The molecule has 0 amide bonds. The summed E-state index contributed by atoms with van der Waals surface area (Å²) in [4.78, 5) is 14.7. The second-order valence-corrected chi connectivity index (χ2v) is 5.59. The molecule has 7 nitrogen and oxygen atoms in total. The van der Waals surface area contributed by atoms with E-state index < -0.39 is 16.0 Å². The topological polar surface area (TPSA) is 122 Å². The van der Waals surface area contributed by atoms with Gasteiger partial charge in [0.15, 0.2) is 0 Å². The van der Waals surface area contributed by atoms with Gasteiger partial charge in [-0.3, -0.25) is 9.71 Å². The molecule has 1 heterocycles. The molecular formula is C12H11N3O4S. The van der Waals surface area contributed by atoms with E-state index in [2.05, 4.69) is 9.71 Å². The number of aromatic carboxylic acids is 1. The lowest BCUT2D eigenvalue weighted by Gasteiger charge is -2.11. The van der Waals surface area contributed by atoms with Crippen molar-refractivity contribution in [2.45, 2.75) is 4.90 Å². The van der Waals surface area contributed by atoms with Crippen LogP contribution in [-0.2, 0) is 10.0 Å². The van der Waals surface area contributed by atoms with Gasteiger partial charge < -0.3 is 10.8 Å². The Labute approximate surface area is 115 Å². The van der Waals surface area contributed by atoms with Crippen LogP contribution in [-0.4, -0.2) is 24.5 Å². The molecule has 0 aliphatic rings. The fourth-order valence-corrected chi connectivity index (χ4v) is 2.58. The lowest BCUT2D eigenvalue weighted by molar-refractivity contribution is 0.0698. The van der Waals surface area contributed by atoms with Crippen LogP contribution in [0, 0.1) is 0 Å². The van der Waals surface area contributed by atoms with Crippen molar-refractivity contribution < 1.29 is 18.3 Å². The Morgan fingerprint density at radius 1 is 1.30 bits per heavy atom. The number of nitrogens with zero attached hydrogens (tertiary/aromatic N) is 1. The van der Waals surface area contributed by atoms with Crippen molar-refractivity contribution in [1.29, 1.82) is 0 Å². The molecule has 104 valence electrons. The highest BCUT2D eigenvalue weighted by atomic mass is 32.2. The first-order valence-corrected chi connectivity index (χ1v) is 6.94. The fraction of sp³-hybridized carbons (Fsp3) is 0. The van der Waals surface area contributed by atoms with E-state index in [1.807, 2.05) is 0 Å². The second-order valence-electron chi connectivity index (χ2n) is 3.90. The Balaban J connectivity index is 2.44. The van der Waals surface area contributed by atoms with E-state index in [-0.39, 0.29) is 21.8 Å². The summed E-state index contributed by atoms with van der Waals surface area (Å²) in [7, 11) is -3.92. The smallest absolute Gasteiger partial charge is 0.337 e. The van der Waals surface area contributed by atoms with Crippen molar-refractivity contribution in [2.24, 2.45) is 0 Å². The average molecular weight is 293 g/mol. The molecule has 2 aromatic rings. The van der Waals surface area contributed by atoms with E-state index in [1.54, 1.807) is 0 Å². The van der Waals surface area contributed by atoms with Crippen molar-refractivity contribution in [3.63, 3.8) is 0 Å². The molecule has 0 atom stereocenters. The highest BCUT2D eigenvalue weighted by Crippen LogP contribution is 2.22. The maximum atomic E-state index is 12.1. The van der Waals surface area contributed by atoms with Gasteiger partial charge in [0.05, 0.1) is 11.3 Å². The Morgan fingerprint density at radius 2 is 2.05 bits per heavy atom. The van der Waals surface area contributed by atoms with E-state index in [9.17, 15) is 13.2 Å². The number of nitrogen functional groups attached to an aromatic ring is 1. The largest absolute Gasteiger partial charge is 0.478 e. The standard InChI is InChI=1S/C12H11N3O4S/c13-8-3-4-10(12(16)17)11(6-8)15-20(18,19)9-2-1-5-14-7-9/h1-7,15H,13H2,(H,16,17). The Kier molecular flexibility index (Phi) is 3.57. The lowest BCUT2D eigenvalue weighted by Crippen LogP contribution is -2.16. The molecule has 20 heavy (non-hydrogen) atoms. The number of hydrogen-bond donors (Lipinski definition) is 3. The van der Waals surface area contributed by atoms with Crippen molar-refractivity contribution in [1.82, 2.24) is 4.98 Å². The molecule has 0 unspecified atom stereocenters. The zero-order chi connectivity index (χ0) is 14.8. The van der Waals surface area contributed by atoms with Crippen LogP contribution < -0.4 is 10.5 Å². The Morgan fingerprint density at radius 3 is 2.65 bits per heavy atom. The number of aromatic nitrogens is 1. The number of pyridine rings is 1. The summed E-state index contributed by atoms with van der Waals surface area (Å²) in [6.07, 6.45) is 2.59. The van der Waals surface area contributed by atoms with Gasteiger partial charge in [-0.25, -0.2) is 13.2 Å². The predicted molar refractivity (Wildman–Crippen MR) is 72.9 cm³/mol. The van der Waals surface area contributed by atoms with Gasteiger partial charge in [0, 0.05) is 18.1 Å². The van der Waals surface area contributed by atoms with Gasteiger partial charge >= 0.3 is 5.97 Å². The molecule has 0 fully saturated rings. The van der Waals surface area contributed by atoms with Crippen LogP contribution in [0.4, 0.5) is 11.4 Å². The number of rotatable bonds is 4. The first-order chi connectivity index (χ1) is 9.40. The molecule has 2 rings (SSSR count). The van der Waals surface area contributed by atoms with Crippen molar-refractivity contribution >= 4 is 27.4 Å². The summed E-state index contributed by atoms with van der Waals surface area (Å²) in [5, 5.41) is 9.04. The van der Waals surface area contributed by atoms with Crippen LogP contribution in [0.25, 0.3) is 0 Å². The number of anilines is 2. The third-order valence-electron chi connectivity index (χ3n) is 2.46. The molecule has 0 aliphatic carbocycles. The molecule has 4 N–H and O–H groups in total. The molecule has 0 saturated carbocycles. The van der Waals surface area contributed by atoms with Crippen LogP contribution in [0.1, 0.15) is 10.4 Å². The minimum absolute atomic E-state index is 0.0706. The summed E-state index contributed by atoms with van der Waals surface area (Å²) in [5.74, 6) is -1.26. The van der Waals surface area contributed by atoms with E-state index in [0.29, 0.717) is 0 Å². The summed E-state index contributed by atoms with van der Waals surface area (Å²) in [5.41, 5.74) is 5.51. The highest BCUT2D eigenvalue weighted by molar-refractivity contribution is 7.92. The predicted octanol–water partition coefficient (Wildman–Crippen LogP) is 1.16. The van der Waals surface area contributed by atoms with Gasteiger partial charge in [0.1, 0.15) is 4.90 Å². The SMILES string of the molecule is Nc1ccc(C(=O)O)c(NS(=O)(=O)c2cccnc2)c1. The molecule has 0 spiro atoms. The molecule has 0 radical (unpaired) electrons. The summed E-state index contributed by atoms with van der Waals surface area (Å²) in [6.45, 7) is 0. The van der Waals surface area contributed by atoms with Gasteiger partial charge in [0.2, 0.25) is 0 Å². The zero-order valence-corrected chi connectivity index (χ0v) is 11.0. The number of nitrogens with one attached hydrogen (secondary N) is 1. The lowest BCUT2D eigenvalue weighted by atomic mass is 10.1. The number of benzene rings is 1. The first-order valence-electron chi connectivity index (χ1n) is 5.46. The quantitative estimate of drug-likeness (QED) is 0.727. The number of nitrogens with two attached hydrogens (primary N) is 1. The van der Waals surface area contributed by atoms with Crippen LogP contribution in [0.15, 0.2) is 47.6 Å².